The van der Waals surface area contributed by atoms with Gasteiger partial charge in [-0.3, -0.25) is 9.59 Å². The molecule has 31 heavy (non-hydrogen) atoms. The van der Waals surface area contributed by atoms with Gasteiger partial charge >= 0.3 is 0 Å². The number of carbonyl (C=O) groups is 2. The van der Waals surface area contributed by atoms with Gasteiger partial charge in [0.25, 0.3) is 5.91 Å². The molecule has 2 N–H and O–H groups in total. The fourth-order valence-electron chi connectivity index (χ4n) is 4.71. The van der Waals surface area contributed by atoms with Crippen molar-refractivity contribution in [3.8, 4) is 0 Å². The molecule has 0 spiro atoms. The van der Waals surface area contributed by atoms with E-state index in [1.54, 1.807) is 0 Å². The van der Waals surface area contributed by atoms with E-state index in [9.17, 15) is 14.0 Å². The second kappa shape index (κ2) is 8.33. The number of rotatable bonds is 7. The third-order valence-electron chi connectivity index (χ3n) is 6.62. The Labute approximate surface area is 182 Å². The maximum absolute atomic E-state index is 13.2. The first kappa shape index (κ1) is 20.0. The van der Waals surface area contributed by atoms with E-state index < -0.39 is 0 Å². The molecule has 2 aliphatic carbocycles. The molecule has 5 rings (SSSR count). The molecule has 2 amide bonds. The van der Waals surface area contributed by atoms with Gasteiger partial charge in [0.1, 0.15) is 5.82 Å². The molecule has 0 radical (unpaired) electrons. The highest BCUT2D eigenvalue weighted by molar-refractivity contribution is 6.05. The van der Waals surface area contributed by atoms with Gasteiger partial charge in [-0.25, -0.2) is 4.39 Å². The zero-order valence-corrected chi connectivity index (χ0v) is 17.6. The van der Waals surface area contributed by atoms with E-state index in [4.69, 9.17) is 0 Å². The Balaban J connectivity index is 1.28. The molecular formula is C25H28FN3O2. The summed E-state index contributed by atoms with van der Waals surface area (Å²) in [6.45, 7) is 1.17. The van der Waals surface area contributed by atoms with Gasteiger partial charge in [0, 0.05) is 29.5 Å². The third-order valence-corrected chi connectivity index (χ3v) is 6.62. The van der Waals surface area contributed by atoms with Crippen molar-refractivity contribution in [1.82, 2.24) is 5.32 Å². The van der Waals surface area contributed by atoms with E-state index in [1.165, 1.54) is 49.9 Å². The van der Waals surface area contributed by atoms with Crippen molar-refractivity contribution in [2.45, 2.75) is 44.6 Å². The van der Waals surface area contributed by atoms with Crippen molar-refractivity contribution >= 4 is 23.2 Å². The summed E-state index contributed by atoms with van der Waals surface area (Å²) in [6.07, 6.45) is 6.74. The Morgan fingerprint density at radius 3 is 2.42 bits per heavy atom. The maximum Gasteiger partial charge on any atom is 0.255 e. The molecule has 162 valence electrons. The van der Waals surface area contributed by atoms with Crippen LogP contribution in [0.2, 0.25) is 0 Å². The molecule has 1 heterocycles. The molecule has 5 nitrogen and oxygen atoms in total. The van der Waals surface area contributed by atoms with Crippen molar-refractivity contribution < 1.29 is 14.0 Å². The largest absolute Gasteiger partial charge is 0.362 e. The monoisotopic (exact) mass is 421 g/mol. The van der Waals surface area contributed by atoms with Gasteiger partial charge in [-0.2, -0.15) is 0 Å². The summed E-state index contributed by atoms with van der Waals surface area (Å²) < 4.78 is 13.2. The van der Waals surface area contributed by atoms with Crippen LogP contribution in [0.4, 0.5) is 15.8 Å². The fourth-order valence-corrected chi connectivity index (χ4v) is 4.71. The molecule has 0 unspecified atom stereocenters. The minimum atomic E-state index is -0.367. The van der Waals surface area contributed by atoms with Gasteiger partial charge in [0.2, 0.25) is 5.91 Å². The average Bonchev–Trinajstić information content (AvgIpc) is 3.67. The van der Waals surface area contributed by atoms with E-state index in [1.807, 2.05) is 18.2 Å². The van der Waals surface area contributed by atoms with Crippen molar-refractivity contribution in [2.24, 2.45) is 11.8 Å². The fraction of sp³-hybridized carbons (Fsp3) is 0.440. The van der Waals surface area contributed by atoms with Gasteiger partial charge < -0.3 is 15.5 Å². The molecular weight excluding hydrogens is 393 g/mol. The minimum absolute atomic E-state index is 0.0948. The molecule has 1 aliphatic heterocycles. The lowest BCUT2D eigenvalue weighted by Gasteiger charge is -2.32. The predicted molar refractivity (Wildman–Crippen MR) is 119 cm³/mol. The summed E-state index contributed by atoms with van der Waals surface area (Å²) in [5.41, 5.74) is 3.23. The number of carbonyl (C=O) groups excluding carboxylic acids is 2. The molecule has 2 saturated carbocycles. The summed E-state index contributed by atoms with van der Waals surface area (Å²) >= 11 is 0. The van der Waals surface area contributed by atoms with Crippen LogP contribution in [-0.2, 0) is 11.2 Å². The van der Waals surface area contributed by atoms with E-state index in [-0.39, 0.29) is 17.6 Å². The molecule has 0 bridgehead atoms. The smallest absolute Gasteiger partial charge is 0.255 e. The number of nitrogens with one attached hydrogen (secondary N) is 2. The Morgan fingerprint density at radius 2 is 1.74 bits per heavy atom. The summed E-state index contributed by atoms with van der Waals surface area (Å²) in [6, 6.07) is 11.7. The lowest BCUT2D eigenvalue weighted by Crippen LogP contribution is -2.45. The molecule has 6 heteroatoms. The van der Waals surface area contributed by atoms with E-state index in [2.05, 4.69) is 15.5 Å². The maximum atomic E-state index is 13.2. The van der Waals surface area contributed by atoms with Gasteiger partial charge in [-0.05, 0) is 92.3 Å². The van der Waals surface area contributed by atoms with Crippen LogP contribution < -0.4 is 15.5 Å². The number of hydrogen-bond acceptors (Lipinski definition) is 3. The molecule has 2 aromatic carbocycles. The minimum Gasteiger partial charge on any atom is -0.362 e. The highest BCUT2D eigenvalue weighted by Gasteiger charge is 2.42. The highest BCUT2D eigenvalue weighted by Crippen LogP contribution is 2.44. The van der Waals surface area contributed by atoms with E-state index in [0.717, 1.165) is 36.3 Å². The van der Waals surface area contributed by atoms with Gasteiger partial charge in [-0.1, -0.05) is 6.07 Å². The summed E-state index contributed by atoms with van der Waals surface area (Å²) in [4.78, 5) is 27.6. The molecule has 0 aromatic heterocycles. The summed E-state index contributed by atoms with van der Waals surface area (Å²) in [5, 5.41) is 6.28. The number of fused-ring (bicyclic) bond motifs is 1. The van der Waals surface area contributed by atoms with E-state index >= 15 is 0 Å². The zero-order chi connectivity index (χ0) is 21.4. The number of benzene rings is 2. The Morgan fingerprint density at radius 1 is 1.03 bits per heavy atom. The van der Waals surface area contributed by atoms with Crippen LogP contribution >= 0.6 is 0 Å². The first-order valence-corrected chi connectivity index (χ1v) is 11.3. The Kier molecular flexibility index (Phi) is 5.38. The molecule has 2 fully saturated rings. The second-order valence-corrected chi connectivity index (χ2v) is 9.06. The van der Waals surface area contributed by atoms with Crippen molar-refractivity contribution in [3.05, 3.63) is 59.4 Å². The Hall–Kier alpha value is -2.89. The predicted octanol–water partition coefficient (Wildman–Crippen LogP) is 4.14. The number of hydrogen-bond donors (Lipinski definition) is 2. The van der Waals surface area contributed by atoms with Crippen LogP contribution in [-0.4, -0.2) is 30.9 Å². The van der Waals surface area contributed by atoms with Crippen LogP contribution in [0.1, 0.15) is 48.0 Å². The van der Waals surface area contributed by atoms with Crippen molar-refractivity contribution in [2.75, 3.05) is 23.3 Å². The number of anilines is 2. The second-order valence-electron chi connectivity index (χ2n) is 9.06. The van der Waals surface area contributed by atoms with Gasteiger partial charge in [0.05, 0.1) is 6.54 Å². The standard InChI is InChI=1S/C25H28FN3O2/c26-19-12-10-18(11-13-19)25(31)27-21-4-1-5-22-20(21)3-2-14-29(22)15-23(30)28-24(16-6-7-16)17-8-9-17/h1,4-5,10-13,16-17,24H,2-3,6-9,14-15H2,(H,27,31)(H,28,30). The van der Waals surface area contributed by atoms with Crippen LogP contribution in [0, 0.1) is 17.7 Å². The number of nitrogens with zero attached hydrogens (tertiary/aromatic N) is 1. The molecule has 2 aromatic rings. The first-order chi connectivity index (χ1) is 15.1. The SMILES string of the molecule is O=C(CN1CCCc2c(NC(=O)c3ccc(F)cc3)cccc21)NC(C1CC1)C1CC1. The molecule has 0 atom stereocenters. The lowest BCUT2D eigenvalue weighted by atomic mass is 9.99. The third kappa shape index (κ3) is 4.58. The van der Waals surface area contributed by atoms with Crippen LogP contribution in [0.15, 0.2) is 42.5 Å². The van der Waals surface area contributed by atoms with Gasteiger partial charge in [0.15, 0.2) is 0 Å². The number of amides is 2. The number of halogens is 1. The first-order valence-electron chi connectivity index (χ1n) is 11.3. The molecule has 0 saturated heterocycles. The zero-order valence-electron chi connectivity index (χ0n) is 17.6. The van der Waals surface area contributed by atoms with E-state index in [0.29, 0.717) is 30.0 Å². The van der Waals surface area contributed by atoms with Gasteiger partial charge in [-0.15, -0.1) is 0 Å². The quantitative estimate of drug-likeness (QED) is 0.707. The summed E-state index contributed by atoms with van der Waals surface area (Å²) in [7, 11) is 0. The normalized spacial score (nSPS) is 17.9. The van der Waals surface area contributed by atoms with Crippen molar-refractivity contribution in [3.63, 3.8) is 0 Å². The topological polar surface area (TPSA) is 61.4 Å². The van der Waals surface area contributed by atoms with Crippen LogP contribution in [0.5, 0.6) is 0 Å². The Bertz CT molecular complexity index is 971. The van der Waals surface area contributed by atoms with Crippen LogP contribution in [0.25, 0.3) is 0 Å². The van der Waals surface area contributed by atoms with Crippen LogP contribution in [0.3, 0.4) is 0 Å². The highest BCUT2D eigenvalue weighted by atomic mass is 19.1. The summed E-state index contributed by atoms with van der Waals surface area (Å²) in [5.74, 6) is 0.822. The average molecular weight is 422 g/mol. The lowest BCUT2D eigenvalue weighted by molar-refractivity contribution is -0.120. The molecule has 3 aliphatic rings. The van der Waals surface area contributed by atoms with Crippen molar-refractivity contribution in [1.29, 1.82) is 0 Å².